The highest BCUT2D eigenvalue weighted by Gasteiger charge is 2.37. The van der Waals surface area contributed by atoms with Crippen molar-refractivity contribution >= 4 is 16.9 Å². The summed E-state index contributed by atoms with van der Waals surface area (Å²) in [5, 5.41) is 9.85. The molecule has 1 saturated heterocycles. The molecule has 25 heavy (non-hydrogen) atoms. The second-order valence-corrected chi connectivity index (χ2v) is 6.67. The monoisotopic (exact) mass is 328 g/mol. The molecule has 0 aliphatic carbocycles. The minimum absolute atomic E-state index is 0.393. The van der Waals surface area contributed by atoms with Gasteiger partial charge in [0.1, 0.15) is 0 Å². The average molecular weight is 328 g/mol. The number of nitrogens with zero attached hydrogens (tertiary/aromatic N) is 4. The highest BCUT2D eigenvalue weighted by molar-refractivity contribution is 5.76. The highest BCUT2D eigenvalue weighted by Crippen LogP contribution is 2.36. The minimum Gasteiger partial charge on any atom is -0.355 e. The Morgan fingerprint density at radius 3 is 2.16 bits per heavy atom. The molecule has 0 bridgehead atoms. The Bertz CT molecular complexity index is 935. The number of nitriles is 1. The van der Waals surface area contributed by atoms with Gasteiger partial charge >= 0.3 is 0 Å². The summed E-state index contributed by atoms with van der Waals surface area (Å²) in [5.74, 6) is 0.943. The third-order valence-electron chi connectivity index (χ3n) is 5.18. The lowest BCUT2D eigenvalue weighted by atomic mass is 9.74. The molecule has 2 aromatic carbocycles. The molecule has 1 aliphatic heterocycles. The van der Waals surface area contributed by atoms with Crippen molar-refractivity contribution in [2.45, 2.75) is 25.2 Å². The fraction of sp³-hybridized carbons (Fsp3) is 0.286. The largest absolute Gasteiger partial charge is 0.355 e. The Labute approximate surface area is 147 Å². The summed E-state index contributed by atoms with van der Waals surface area (Å²) in [7, 11) is 0. The predicted octanol–water partition coefficient (Wildman–Crippen LogP) is 4.00. The van der Waals surface area contributed by atoms with Crippen LogP contribution in [0.3, 0.4) is 0 Å². The van der Waals surface area contributed by atoms with Crippen LogP contribution in [-0.4, -0.2) is 23.1 Å². The van der Waals surface area contributed by atoms with Crippen molar-refractivity contribution in [1.82, 2.24) is 9.97 Å². The van der Waals surface area contributed by atoms with E-state index >= 15 is 0 Å². The molecule has 124 valence electrons. The van der Waals surface area contributed by atoms with Crippen molar-refractivity contribution in [3.05, 3.63) is 65.9 Å². The van der Waals surface area contributed by atoms with Gasteiger partial charge in [0.05, 0.1) is 28.2 Å². The molecular weight excluding hydrogens is 308 g/mol. The summed E-state index contributed by atoms with van der Waals surface area (Å²) in [6, 6.07) is 20.7. The van der Waals surface area contributed by atoms with E-state index in [2.05, 4.69) is 23.1 Å². The van der Waals surface area contributed by atoms with Crippen LogP contribution in [0.2, 0.25) is 0 Å². The van der Waals surface area contributed by atoms with Crippen LogP contribution in [0.5, 0.6) is 0 Å². The van der Waals surface area contributed by atoms with Gasteiger partial charge in [-0.15, -0.1) is 0 Å². The van der Waals surface area contributed by atoms with Crippen LogP contribution in [0, 0.1) is 18.3 Å². The molecule has 4 heteroatoms. The van der Waals surface area contributed by atoms with Crippen molar-refractivity contribution in [3.8, 4) is 6.07 Å². The van der Waals surface area contributed by atoms with E-state index in [0.29, 0.717) is 0 Å². The molecule has 3 aromatic rings. The summed E-state index contributed by atoms with van der Waals surface area (Å²) < 4.78 is 0. The molecule has 0 amide bonds. The Hall–Kier alpha value is -2.93. The highest BCUT2D eigenvalue weighted by atomic mass is 15.2. The van der Waals surface area contributed by atoms with E-state index in [-0.39, 0.29) is 0 Å². The SMILES string of the molecule is Cc1nc2ccccc2nc1N1CCC(C#N)(c2ccccc2)CC1. The summed E-state index contributed by atoms with van der Waals surface area (Å²) >= 11 is 0. The van der Waals surface area contributed by atoms with Gasteiger partial charge in [-0.05, 0) is 37.5 Å². The van der Waals surface area contributed by atoms with Crippen LogP contribution in [-0.2, 0) is 5.41 Å². The molecule has 0 radical (unpaired) electrons. The summed E-state index contributed by atoms with van der Waals surface area (Å²) in [6.07, 6.45) is 1.61. The van der Waals surface area contributed by atoms with Crippen molar-refractivity contribution in [1.29, 1.82) is 5.26 Å². The lowest BCUT2D eigenvalue weighted by molar-refractivity contribution is 0.414. The maximum Gasteiger partial charge on any atom is 0.150 e. The molecule has 0 N–H and O–H groups in total. The van der Waals surface area contributed by atoms with Gasteiger partial charge in [-0.25, -0.2) is 9.97 Å². The fourth-order valence-corrected chi connectivity index (χ4v) is 3.70. The first-order chi connectivity index (χ1) is 12.2. The second kappa shape index (κ2) is 6.18. The van der Waals surface area contributed by atoms with Crippen molar-refractivity contribution < 1.29 is 0 Å². The molecule has 0 atom stereocenters. The van der Waals surface area contributed by atoms with Crippen molar-refractivity contribution in [3.63, 3.8) is 0 Å². The summed E-state index contributed by atoms with van der Waals surface area (Å²) in [6.45, 7) is 3.64. The molecule has 0 spiro atoms. The van der Waals surface area contributed by atoms with Gasteiger partial charge < -0.3 is 4.90 Å². The molecule has 4 nitrogen and oxygen atoms in total. The standard InChI is InChI=1S/C21H20N4/c1-16-20(24-19-10-6-5-9-18(19)23-16)25-13-11-21(15-22,12-14-25)17-7-3-2-4-8-17/h2-10H,11-14H2,1H3. The van der Waals surface area contributed by atoms with Crippen LogP contribution in [0.4, 0.5) is 5.82 Å². The fourth-order valence-electron chi connectivity index (χ4n) is 3.70. The lowest BCUT2D eigenvalue weighted by Crippen LogP contribution is -2.42. The zero-order valence-electron chi connectivity index (χ0n) is 14.3. The van der Waals surface area contributed by atoms with Gasteiger partial charge in [0.2, 0.25) is 0 Å². The van der Waals surface area contributed by atoms with Crippen LogP contribution in [0.25, 0.3) is 11.0 Å². The molecule has 1 aromatic heterocycles. The van der Waals surface area contributed by atoms with E-state index < -0.39 is 5.41 Å². The molecule has 4 rings (SSSR count). The zero-order chi connectivity index (χ0) is 17.3. The Kier molecular flexibility index (Phi) is 3.85. The molecule has 0 unspecified atom stereocenters. The first kappa shape index (κ1) is 15.6. The zero-order valence-corrected chi connectivity index (χ0v) is 14.3. The number of fused-ring (bicyclic) bond motifs is 1. The van der Waals surface area contributed by atoms with E-state index in [0.717, 1.165) is 54.0 Å². The third kappa shape index (κ3) is 2.72. The molecule has 2 heterocycles. The van der Waals surface area contributed by atoms with Gasteiger partial charge in [0.25, 0.3) is 0 Å². The van der Waals surface area contributed by atoms with Crippen molar-refractivity contribution in [2.24, 2.45) is 0 Å². The van der Waals surface area contributed by atoms with Crippen LogP contribution in [0.1, 0.15) is 24.1 Å². The van der Waals surface area contributed by atoms with Crippen molar-refractivity contribution in [2.75, 3.05) is 18.0 Å². The minimum atomic E-state index is -0.393. The number of hydrogen-bond acceptors (Lipinski definition) is 4. The summed E-state index contributed by atoms with van der Waals surface area (Å²) in [4.78, 5) is 11.8. The van der Waals surface area contributed by atoms with E-state index in [1.165, 1.54) is 0 Å². The first-order valence-electron chi connectivity index (χ1n) is 8.67. The first-order valence-corrected chi connectivity index (χ1v) is 8.67. The smallest absolute Gasteiger partial charge is 0.150 e. The topological polar surface area (TPSA) is 52.8 Å². The van der Waals surface area contributed by atoms with Gasteiger partial charge in [-0.1, -0.05) is 42.5 Å². The number of hydrogen-bond donors (Lipinski definition) is 0. The molecule has 1 fully saturated rings. The number of rotatable bonds is 2. The van der Waals surface area contributed by atoms with E-state index in [9.17, 15) is 5.26 Å². The number of para-hydroxylation sites is 2. The summed E-state index contributed by atoms with van der Waals surface area (Å²) in [5.41, 5.74) is 3.52. The number of piperidine rings is 1. The Balaban J connectivity index is 1.62. The Morgan fingerprint density at radius 2 is 1.52 bits per heavy atom. The van der Waals surface area contributed by atoms with Gasteiger partial charge in [0, 0.05) is 13.1 Å². The van der Waals surface area contributed by atoms with Crippen LogP contribution in [0.15, 0.2) is 54.6 Å². The molecule has 1 aliphatic rings. The Morgan fingerprint density at radius 1 is 0.920 bits per heavy atom. The molecular formula is C21H20N4. The molecule has 0 saturated carbocycles. The third-order valence-corrected chi connectivity index (χ3v) is 5.18. The second-order valence-electron chi connectivity index (χ2n) is 6.67. The van der Waals surface area contributed by atoms with Gasteiger partial charge in [-0.2, -0.15) is 5.26 Å². The average Bonchev–Trinajstić information content (AvgIpc) is 2.68. The maximum absolute atomic E-state index is 9.85. The number of anilines is 1. The quantitative estimate of drug-likeness (QED) is 0.713. The van der Waals surface area contributed by atoms with Gasteiger partial charge in [-0.3, -0.25) is 0 Å². The number of benzene rings is 2. The number of aromatic nitrogens is 2. The number of aryl methyl sites for hydroxylation is 1. The van der Waals surface area contributed by atoms with E-state index in [4.69, 9.17) is 9.97 Å². The van der Waals surface area contributed by atoms with E-state index in [1.807, 2.05) is 49.4 Å². The normalized spacial score (nSPS) is 16.6. The van der Waals surface area contributed by atoms with Gasteiger partial charge in [0.15, 0.2) is 5.82 Å². The van der Waals surface area contributed by atoms with Crippen LogP contribution < -0.4 is 4.90 Å². The van der Waals surface area contributed by atoms with E-state index in [1.54, 1.807) is 0 Å². The lowest BCUT2D eigenvalue weighted by Gasteiger charge is -2.38. The predicted molar refractivity (Wildman–Crippen MR) is 99.5 cm³/mol. The maximum atomic E-state index is 9.85. The van der Waals surface area contributed by atoms with Crippen LogP contribution >= 0.6 is 0 Å².